The van der Waals surface area contributed by atoms with Crippen LogP contribution in [0.3, 0.4) is 0 Å². The van der Waals surface area contributed by atoms with Crippen LogP contribution in [0.2, 0.25) is 0 Å². The smallest absolute Gasteiger partial charge is 0.418 e. The number of pyridine rings is 1. The zero-order chi connectivity index (χ0) is 10.1. The van der Waals surface area contributed by atoms with Crippen LogP contribution in [0, 0.1) is 0 Å². The van der Waals surface area contributed by atoms with E-state index in [2.05, 4.69) is 4.98 Å². The summed E-state index contributed by atoms with van der Waals surface area (Å²) in [6.45, 7) is 0. The molecule has 2 nitrogen and oxygen atoms in total. The average Bonchev–Trinajstić information content (AvgIpc) is 2.02. The molecule has 0 spiro atoms. The van der Waals surface area contributed by atoms with Crippen LogP contribution in [0.15, 0.2) is 12.3 Å². The minimum Gasteiger partial charge on any atom is -0.506 e. The first-order chi connectivity index (χ1) is 5.95. The van der Waals surface area contributed by atoms with Crippen LogP contribution in [-0.2, 0) is 12.1 Å². The molecule has 72 valence electrons. The minimum atomic E-state index is -4.49. The van der Waals surface area contributed by atoms with Gasteiger partial charge >= 0.3 is 6.18 Å². The molecule has 0 bridgehead atoms. The van der Waals surface area contributed by atoms with Crippen LogP contribution >= 0.6 is 11.6 Å². The van der Waals surface area contributed by atoms with Crippen molar-refractivity contribution in [3.05, 3.63) is 23.5 Å². The fraction of sp³-hybridized carbons (Fsp3) is 0.286. The maximum atomic E-state index is 12.0. The monoisotopic (exact) mass is 211 g/mol. The van der Waals surface area contributed by atoms with Gasteiger partial charge in [0.05, 0.1) is 17.1 Å². The lowest BCUT2D eigenvalue weighted by Crippen LogP contribution is -2.05. The van der Waals surface area contributed by atoms with Gasteiger partial charge in [0.25, 0.3) is 0 Å². The van der Waals surface area contributed by atoms with Crippen molar-refractivity contribution in [2.75, 3.05) is 0 Å². The molecule has 0 saturated carbocycles. The summed E-state index contributed by atoms with van der Waals surface area (Å²) < 4.78 is 36.1. The van der Waals surface area contributed by atoms with Gasteiger partial charge in [0.1, 0.15) is 5.75 Å². The van der Waals surface area contributed by atoms with Gasteiger partial charge in [-0.25, -0.2) is 0 Å². The summed E-state index contributed by atoms with van der Waals surface area (Å²) >= 11 is 5.30. The van der Waals surface area contributed by atoms with Crippen LogP contribution in [0.25, 0.3) is 0 Å². The maximum Gasteiger partial charge on any atom is 0.418 e. The van der Waals surface area contributed by atoms with Gasteiger partial charge < -0.3 is 5.11 Å². The number of hydrogen-bond donors (Lipinski definition) is 1. The van der Waals surface area contributed by atoms with E-state index in [1.165, 1.54) is 0 Å². The number of hydrogen-bond acceptors (Lipinski definition) is 2. The van der Waals surface area contributed by atoms with Gasteiger partial charge in [-0.2, -0.15) is 13.2 Å². The summed E-state index contributed by atoms with van der Waals surface area (Å²) in [5, 5.41) is 9.01. The summed E-state index contributed by atoms with van der Waals surface area (Å²) in [4.78, 5) is 3.36. The summed E-state index contributed by atoms with van der Waals surface area (Å²) in [5.41, 5.74) is -0.950. The third kappa shape index (κ3) is 2.24. The third-order valence-electron chi connectivity index (χ3n) is 1.40. The van der Waals surface area contributed by atoms with Crippen molar-refractivity contribution < 1.29 is 18.3 Å². The van der Waals surface area contributed by atoms with Crippen LogP contribution < -0.4 is 0 Å². The summed E-state index contributed by atoms with van der Waals surface area (Å²) in [7, 11) is 0. The fourth-order valence-electron chi connectivity index (χ4n) is 0.739. The molecule has 1 aromatic heterocycles. The number of halogens is 4. The Morgan fingerprint density at radius 1 is 1.46 bits per heavy atom. The largest absolute Gasteiger partial charge is 0.506 e. The van der Waals surface area contributed by atoms with E-state index >= 15 is 0 Å². The summed E-state index contributed by atoms with van der Waals surface area (Å²) in [5.74, 6) is -0.658. The standard InChI is InChI=1S/C7H5ClF3NO/c8-2-5-6(13)1-4(3-12-5)7(9,10)11/h1,3,13H,2H2. The minimum absolute atomic E-state index is 0.0367. The molecule has 0 radical (unpaired) electrons. The highest BCUT2D eigenvalue weighted by molar-refractivity contribution is 6.17. The van der Waals surface area contributed by atoms with Crippen molar-refractivity contribution in [1.82, 2.24) is 4.98 Å². The van der Waals surface area contributed by atoms with Gasteiger partial charge in [-0.15, -0.1) is 11.6 Å². The third-order valence-corrected chi connectivity index (χ3v) is 1.65. The van der Waals surface area contributed by atoms with Crippen molar-refractivity contribution in [1.29, 1.82) is 0 Å². The van der Waals surface area contributed by atoms with E-state index < -0.39 is 17.5 Å². The van der Waals surface area contributed by atoms with Gasteiger partial charge in [-0.3, -0.25) is 4.98 Å². The average molecular weight is 212 g/mol. The Balaban J connectivity index is 3.10. The Hall–Kier alpha value is -0.970. The van der Waals surface area contributed by atoms with Crippen LogP contribution in [0.1, 0.15) is 11.3 Å². The zero-order valence-corrected chi connectivity index (χ0v) is 7.02. The highest BCUT2D eigenvalue weighted by Crippen LogP contribution is 2.31. The fourth-order valence-corrected chi connectivity index (χ4v) is 0.945. The molecule has 0 fully saturated rings. The molecule has 0 amide bonds. The number of nitrogens with zero attached hydrogens (tertiary/aromatic N) is 1. The second kappa shape index (κ2) is 3.41. The molecule has 1 rings (SSSR count). The molecule has 6 heteroatoms. The molecule has 0 atom stereocenters. The molecular weight excluding hydrogens is 207 g/mol. The Kier molecular flexibility index (Phi) is 2.66. The predicted octanol–water partition coefficient (Wildman–Crippen LogP) is 2.54. The molecule has 0 aromatic carbocycles. The molecule has 0 aliphatic heterocycles. The summed E-state index contributed by atoms with van der Waals surface area (Å²) in [6.07, 6.45) is -3.85. The molecule has 1 N–H and O–H groups in total. The van der Waals surface area contributed by atoms with Crippen molar-refractivity contribution in [2.45, 2.75) is 12.1 Å². The van der Waals surface area contributed by atoms with E-state index in [9.17, 15) is 13.2 Å². The van der Waals surface area contributed by atoms with Crippen LogP contribution in [0.5, 0.6) is 5.75 Å². The number of aromatic hydroxyl groups is 1. The van der Waals surface area contributed by atoms with Gasteiger partial charge in [-0.1, -0.05) is 0 Å². The molecule has 0 saturated heterocycles. The second-order valence-corrected chi connectivity index (χ2v) is 2.59. The lowest BCUT2D eigenvalue weighted by Gasteiger charge is -2.07. The van der Waals surface area contributed by atoms with E-state index in [0.717, 1.165) is 0 Å². The normalized spacial score (nSPS) is 11.7. The molecule has 0 aliphatic rings. The Labute approximate surface area is 77.0 Å². The Morgan fingerprint density at radius 2 is 2.08 bits per heavy atom. The number of aromatic nitrogens is 1. The van der Waals surface area contributed by atoms with Gasteiger partial charge in [0, 0.05) is 6.20 Å². The van der Waals surface area contributed by atoms with Crippen molar-refractivity contribution in [3.8, 4) is 5.75 Å². The number of alkyl halides is 4. The van der Waals surface area contributed by atoms with Gasteiger partial charge in [0.15, 0.2) is 0 Å². The molecule has 0 unspecified atom stereocenters. The zero-order valence-electron chi connectivity index (χ0n) is 6.27. The molecular formula is C7H5ClF3NO. The molecule has 1 heterocycles. The van der Waals surface area contributed by atoms with Gasteiger partial charge in [0.2, 0.25) is 0 Å². The highest BCUT2D eigenvalue weighted by Gasteiger charge is 2.31. The number of rotatable bonds is 1. The molecule has 1 aromatic rings. The van der Waals surface area contributed by atoms with Crippen molar-refractivity contribution >= 4 is 11.6 Å². The second-order valence-electron chi connectivity index (χ2n) is 2.32. The predicted molar refractivity (Wildman–Crippen MR) is 40.5 cm³/mol. The first-order valence-corrected chi connectivity index (χ1v) is 3.79. The molecule has 0 aliphatic carbocycles. The maximum absolute atomic E-state index is 12.0. The lowest BCUT2D eigenvalue weighted by molar-refractivity contribution is -0.137. The van der Waals surface area contributed by atoms with E-state index in [1.807, 2.05) is 0 Å². The van der Waals surface area contributed by atoms with Crippen LogP contribution in [-0.4, -0.2) is 10.1 Å². The van der Waals surface area contributed by atoms with E-state index in [1.54, 1.807) is 0 Å². The summed E-state index contributed by atoms with van der Waals surface area (Å²) in [6, 6.07) is 0.602. The topological polar surface area (TPSA) is 33.1 Å². The SMILES string of the molecule is Oc1cc(C(F)(F)F)cnc1CCl. The first-order valence-electron chi connectivity index (χ1n) is 3.26. The highest BCUT2D eigenvalue weighted by atomic mass is 35.5. The van der Waals surface area contributed by atoms with E-state index in [0.29, 0.717) is 12.3 Å². The van der Waals surface area contributed by atoms with Gasteiger partial charge in [-0.05, 0) is 6.07 Å². The lowest BCUT2D eigenvalue weighted by atomic mass is 10.2. The Morgan fingerprint density at radius 3 is 2.46 bits per heavy atom. The first kappa shape index (κ1) is 10.1. The van der Waals surface area contributed by atoms with E-state index in [-0.39, 0.29) is 11.6 Å². The molecule has 13 heavy (non-hydrogen) atoms. The van der Waals surface area contributed by atoms with Crippen molar-refractivity contribution in [2.24, 2.45) is 0 Å². The van der Waals surface area contributed by atoms with Crippen LogP contribution in [0.4, 0.5) is 13.2 Å². The van der Waals surface area contributed by atoms with Crippen molar-refractivity contribution in [3.63, 3.8) is 0 Å². The Bertz CT molecular complexity index is 313. The quantitative estimate of drug-likeness (QED) is 0.725. The van der Waals surface area contributed by atoms with E-state index in [4.69, 9.17) is 16.7 Å².